The molecule has 2 N–H and O–H groups in total. The van der Waals surface area contributed by atoms with Crippen LogP contribution < -0.4 is 10.2 Å². The number of carbonyl (C=O) groups is 1. The monoisotopic (exact) mass is 458 g/mol. The molecule has 0 unspecified atom stereocenters. The third-order valence-corrected chi connectivity index (χ3v) is 6.55. The Morgan fingerprint density at radius 3 is 2.37 bits per heavy atom. The summed E-state index contributed by atoms with van der Waals surface area (Å²) >= 11 is 5.86. The van der Waals surface area contributed by atoms with Crippen molar-refractivity contribution in [3.8, 4) is 5.75 Å². The zero-order valence-electron chi connectivity index (χ0n) is 16.8. The Balaban J connectivity index is 2.56. The second-order valence-corrected chi connectivity index (χ2v) is 9.42. The molecule has 7 nitrogen and oxygen atoms in total. The van der Waals surface area contributed by atoms with Gasteiger partial charge in [-0.1, -0.05) is 31.5 Å². The third kappa shape index (κ3) is 5.69. The molecule has 0 aliphatic carbocycles. The van der Waals surface area contributed by atoms with Gasteiger partial charge in [-0.2, -0.15) is 4.31 Å². The van der Waals surface area contributed by atoms with Crippen LogP contribution in [0.2, 0.25) is 5.02 Å². The molecule has 164 valence electrons. The smallest absolute Gasteiger partial charge is 0.261 e. The lowest BCUT2D eigenvalue weighted by Crippen LogP contribution is -2.49. The Bertz CT molecular complexity index is 983. The number of halogens is 2. The van der Waals surface area contributed by atoms with Crippen LogP contribution in [0.5, 0.6) is 5.75 Å². The zero-order valence-corrected chi connectivity index (χ0v) is 18.4. The number of hydrogen-bond donors (Lipinski definition) is 2. The number of amides is 1. The predicted octanol–water partition coefficient (Wildman–Crippen LogP) is 3.60. The number of carbonyl (C=O) groups excluding carboxylic acids is 1. The van der Waals surface area contributed by atoms with Gasteiger partial charge < -0.3 is 4.74 Å². The second-order valence-electron chi connectivity index (χ2n) is 7.09. The fourth-order valence-electron chi connectivity index (χ4n) is 2.97. The van der Waals surface area contributed by atoms with E-state index < -0.39 is 27.8 Å². The molecule has 30 heavy (non-hydrogen) atoms. The second kappa shape index (κ2) is 10.2. The minimum Gasteiger partial charge on any atom is -0.494 e. The lowest BCUT2D eigenvalue weighted by molar-refractivity contribution is -0.133. The van der Waals surface area contributed by atoms with Crippen molar-refractivity contribution < 1.29 is 27.5 Å². The molecular formula is C20H24ClFN2O5S. The molecule has 1 atom stereocenters. The van der Waals surface area contributed by atoms with Crippen LogP contribution in [0.4, 0.5) is 4.39 Å². The van der Waals surface area contributed by atoms with Crippen LogP contribution in [0.3, 0.4) is 0 Å². The van der Waals surface area contributed by atoms with Gasteiger partial charge >= 0.3 is 0 Å². The summed E-state index contributed by atoms with van der Waals surface area (Å²) < 4.78 is 46.8. The number of benzene rings is 2. The van der Waals surface area contributed by atoms with E-state index in [9.17, 15) is 22.8 Å². The van der Waals surface area contributed by atoms with Crippen LogP contribution in [-0.2, 0) is 21.4 Å². The molecule has 0 aliphatic rings. The largest absolute Gasteiger partial charge is 0.494 e. The van der Waals surface area contributed by atoms with Crippen molar-refractivity contribution in [2.75, 3.05) is 7.11 Å². The summed E-state index contributed by atoms with van der Waals surface area (Å²) in [6.07, 6.45) is 0.137. The number of rotatable bonds is 9. The minimum atomic E-state index is -4.20. The maximum atomic E-state index is 14.2. The Morgan fingerprint density at radius 1 is 1.23 bits per heavy atom. The molecule has 0 fully saturated rings. The molecule has 0 spiro atoms. The van der Waals surface area contributed by atoms with E-state index in [1.54, 1.807) is 0 Å². The Hall–Kier alpha value is -2.20. The minimum absolute atomic E-state index is 0.0118. The van der Waals surface area contributed by atoms with Gasteiger partial charge in [-0.05, 0) is 54.3 Å². The molecular weight excluding hydrogens is 435 g/mol. The van der Waals surface area contributed by atoms with Crippen molar-refractivity contribution in [1.82, 2.24) is 9.79 Å². The standard InChI is InChI=1S/C20H24ClFN2O5S/c1-13(2)10-18(20(25)23-26)24(12-14-4-9-19(29-3)17(22)11-14)30(27,28)16-7-5-15(21)6-8-16/h4-9,11,13,18,26H,10,12H2,1-3H3,(H,23,25)/t18-/m1/s1. The van der Waals surface area contributed by atoms with E-state index in [1.807, 2.05) is 13.8 Å². The molecule has 0 saturated carbocycles. The van der Waals surface area contributed by atoms with Gasteiger partial charge in [0.05, 0.1) is 12.0 Å². The SMILES string of the molecule is COc1ccc(CN([C@H](CC(C)C)C(=O)NO)S(=O)(=O)c2ccc(Cl)cc2)cc1F. The summed E-state index contributed by atoms with van der Waals surface area (Å²) in [4.78, 5) is 12.3. The average Bonchev–Trinajstić information content (AvgIpc) is 2.70. The quantitative estimate of drug-likeness (QED) is 0.442. The van der Waals surface area contributed by atoms with Crippen LogP contribution in [0, 0.1) is 11.7 Å². The van der Waals surface area contributed by atoms with Crippen LogP contribution in [0.15, 0.2) is 47.4 Å². The van der Waals surface area contributed by atoms with E-state index in [2.05, 4.69) is 0 Å². The van der Waals surface area contributed by atoms with Gasteiger partial charge in [-0.15, -0.1) is 0 Å². The van der Waals surface area contributed by atoms with Crippen molar-refractivity contribution in [1.29, 1.82) is 0 Å². The van der Waals surface area contributed by atoms with E-state index >= 15 is 0 Å². The molecule has 2 aromatic carbocycles. The lowest BCUT2D eigenvalue weighted by atomic mass is 10.0. The topological polar surface area (TPSA) is 95.9 Å². The zero-order chi connectivity index (χ0) is 22.5. The van der Waals surface area contributed by atoms with Gasteiger partial charge in [0, 0.05) is 11.6 Å². The highest BCUT2D eigenvalue weighted by molar-refractivity contribution is 7.89. The van der Waals surface area contributed by atoms with Crippen LogP contribution in [-0.4, -0.2) is 37.0 Å². The number of hydroxylamine groups is 1. The number of methoxy groups -OCH3 is 1. The van der Waals surface area contributed by atoms with E-state index in [4.69, 9.17) is 16.3 Å². The lowest BCUT2D eigenvalue weighted by Gasteiger charge is -2.30. The van der Waals surface area contributed by atoms with Gasteiger partial charge in [-0.3, -0.25) is 10.0 Å². The number of ether oxygens (including phenoxy) is 1. The summed E-state index contributed by atoms with van der Waals surface area (Å²) in [5.74, 6) is -1.60. The van der Waals surface area contributed by atoms with Gasteiger partial charge in [0.25, 0.3) is 5.91 Å². The van der Waals surface area contributed by atoms with Crippen molar-refractivity contribution in [2.45, 2.75) is 37.8 Å². The van der Waals surface area contributed by atoms with Gasteiger partial charge in [0.2, 0.25) is 10.0 Å². The third-order valence-electron chi connectivity index (χ3n) is 4.43. The van der Waals surface area contributed by atoms with Crippen LogP contribution >= 0.6 is 11.6 Å². The molecule has 0 aromatic heterocycles. The predicted molar refractivity (Wildman–Crippen MR) is 110 cm³/mol. The molecule has 2 rings (SSSR count). The summed E-state index contributed by atoms with van der Waals surface area (Å²) in [6.45, 7) is 3.34. The fourth-order valence-corrected chi connectivity index (χ4v) is 4.68. The molecule has 0 bridgehead atoms. The Labute approximate surface area is 180 Å². The number of sulfonamides is 1. The van der Waals surface area contributed by atoms with Crippen LogP contribution in [0.1, 0.15) is 25.8 Å². The van der Waals surface area contributed by atoms with Gasteiger partial charge in [0.15, 0.2) is 11.6 Å². The van der Waals surface area contributed by atoms with Crippen LogP contribution in [0.25, 0.3) is 0 Å². The average molecular weight is 459 g/mol. The van der Waals surface area contributed by atoms with Gasteiger partial charge in [0.1, 0.15) is 6.04 Å². The Kier molecular flexibility index (Phi) is 8.19. The molecule has 10 heteroatoms. The van der Waals surface area contributed by atoms with E-state index in [-0.39, 0.29) is 29.5 Å². The Morgan fingerprint density at radius 2 is 1.87 bits per heavy atom. The van der Waals surface area contributed by atoms with Gasteiger partial charge in [-0.25, -0.2) is 18.3 Å². The first-order valence-electron chi connectivity index (χ1n) is 9.14. The highest BCUT2D eigenvalue weighted by atomic mass is 35.5. The number of nitrogens with zero attached hydrogens (tertiary/aromatic N) is 1. The van der Waals surface area contributed by atoms with Crippen molar-refractivity contribution in [3.05, 3.63) is 58.9 Å². The highest BCUT2D eigenvalue weighted by Crippen LogP contribution is 2.27. The molecule has 1 amide bonds. The molecule has 0 heterocycles. The summed E-state index contributed by atoms with van der Waals surface area (Å²) in [5, 5.41) is 9.55. The molecule has 2 aromatic rings. The summed E-state index contributed by atoms with van der Waals surface area (Å²) in [5.41, 5.74) is 1.85. The van der Waals surface area contributed by atoms with E-state index in [1.165, 1.54) is 49.0 Å². The maximum Gasteiger partial charge on any atom is 0.261 e. The van der Waals surface area contributed by atoms with Crippen molar-refractivity contribution in [3.63, 3.8) is 0 Å². The first-order chi connectivity index (χ1) is 14.1. The first-order valence-corrected chi connectivity index (χ1v) is 11.0. The summed E-state index contributed by atoms with van der Waals surface area (Å²) in [6, 6.07) is 8.29. The maximum absolute atomic E-state index is 14.2. The van der Waals surface area contributed by atoms with E-state index in [0.717, 1.165) is 10.4 Å². The fraction of sp³-hybridized carbons (Fsp3) is 0.350. The highest BCUT2D eigenvalue weighted by Gasteiger charge is 2.36. The first kappa shape index (κ1) is 24.1. The van der Waals surface area contributed by atoms with E-state index in [0.29, 0.717) is 10.6 Å². The van der Waals surface area contributed by atoms with Crippen molar-refractivity contribution in [2.24, 2.45) is 5.92 Å². The molecule has 0 aliphatic heterocycles. The van der Waals surface area contributed by atoms with Crippen molar-refractivity contribution >= 4 is 27.5 Å². The number of hydrogen-bond acceptors (Lipinski definition) is 5. The molecule has 0 saturated heterocycles. The normalized spacial score (nSPS) is 12.8. The number of nitrogens with one attached hydrogen (secondary N) is 1. The summed E-state index contributed by atoms with van der Waals surface area (Å²) in [7, 11) is -2.88. The molecule has 0 radical (unpaired) electrons.